The van der Waals surface area contributed by atoms with Crippen LogP contribution in [0.25, 0.3) is 5.57 Å². The molecule has 0 aromatic heterocycles. The molecule has 1 aliphatic rings. The molecular weight excluding hydrogens is 308 g/mol. The summed E-state index contributed by atoms with van der Waals surface area (Å²) in [5.41, 5.74) is 5.29. The van der Waals surface area contributed by atoms with Crippen molar-refractivity contribution >= 4 is 18.8 Å². The third-order valence-corrected chi connectivity index (χ3v) is 8.77. The van der Waals surface area contributed by atoms with Crippen molar-refractivity contribution in [2.75, 3.05) is 7.11 Å². The molecule has 1 nitrogen and oxygen atoms in total. The minimum absolute atomic E-state index is 1.06. The van der Waals surface area contributed by atoms with Gasteiger partial charge in [-0.2, -0.15) is 0 Å². The van der Waals surface area contributed by atoms with E-state index in [1.54, 1.807) is 12.3 Å². The van der Waals surface area contributed by atoms with Gasteiger partial charge in [0.2, 0.25) is 0 Å². The van der Waals surface area contributed by atoms with Gasteiger partial charge in [0.25, 0.3) is 0 Å². The molecule has 2 heteroatoms. The molecule has 2 aromatic carbocycles. The van der Waals surface area contributed by atoms with Gasteiger partial charge >= 0.3 is 0 Å². The molecule has 0 atom stereocenters. The normalized spacial score (nSPS) is 14.4. The first kappa shape index (κ1) is 16.8. The van der Waals surface area contributed by atoms with Crippen molar-refractivity contribution in [2.24, 2.45) is 0 Å². The maximum absolute atomic E-state index is 5.81. The Morgan fingerprint density at radius 2 is 1.71 bits per heavy atom. The van der Waals surface area contributed by atoms with Crippen molar-refractivity contribution in [3.8, 4) is 5.75 Å². The molecule has 0 spiro atoms. The number of hydrogen-bond acceptors (Lipinski definition) is 1. The number of allylic oxidation sites excluding steroid dienone is 4. The molecule has 124 valence electrons. The van der Waals surface area contributed by atoms with Crippen LogP contribution in [0, 0.1) is 13.8 Å². The first-order valence-corrected chi connectivity index (χ1v) is 11.6. The van der Waals surface area contributed by atoms with Gasteiger partial charge in [-0.25, -0.2) is 0 Å². The van der Waals surface area contributed by atoms with Gasteiger partial charge in [-0.3, -0.25) is 0 Å². The second kappa shape index (κ2) is 6.44. The van der Waals surface area contributed by atoms with Crippen LogP contribution in [0.3, 0.4) is 0 Å². The summed E-state index contributed by atoms with van der Waals surface area (Å²) in [6, 6.07) is 15.3. The third-order valence-electron chi connectivity index (χ3n) is 5.07. The van der Waals surface area contributed by atoms with Crippen LogP contribution in [0.5, 0.6) is 5.75 Å². The van der Waals surface area contributed by atoms with E-state index in [1.165, 1.54) is 27.5 Å². The summed E-state index contributed by atoms with van der Waals surface area (Å²) >= 11 is 0. The molecule has 0 saturated heterocycles. The smallest absolute Gasteiger partial charge is 0.121 e. The quantitative estimate of drug-likeness (QED) is 0.700. The van der Waals surface area contributed by atoms with Gasteiger partial charge in [0, 0.05) is 0 Å². The lowest BCUT2D eigenvalue weighted by molar-refractivity contribution is 0.414. The van der Waals surface area contributed by atoms with Crippen molar-refractivity contribution < 1.29 is 4.74 Å². The van der Waals surface area contributed by atoms with E-state index >= 15 is 0 Å². The Bertz CT molecular complexity index is 813. The molecule has 0 N–H and O–H groups in total. The fourth-order valence-electron chi connectivity index (χ4n) is 3.84. The molecule has 3 rings (SSSR count). The van der Waals surface area contributed by atoms with Crippen molar-refractivity contribution in [3.05, 3.63) is 76.5 Å². The van der Waals surface area contributed by atoms with Gasteiger partial charge in [0.1, 0.15) is 13.8 Å². The molecule has 0 radical (unpaired) electrons. The summed E-state index contributed by atoms with van der Waals surface area (Å²) in [5, 5.41) is 3.01. The first-order valence-electron chi connectivity index (χ1n) is 8.56. The van der Waals surface area contributed by atoms with Crippen LogP contribution in [0.2, 0.25) is 13.1 Å². The second-order valence-corrected chi connectivity index (χ2v) is 11.5. The first-order chi connectivity index (χ1) is 11.4. The van der Waals surface area contributed by atoms with Crippen LogP contribution in [0.4, 0.5) is 0 Å². The van der Waals surface area contributed by atoms with Gasteiger partial charge < -0.3 is 4.74 Å². The SMILES string of the molecule is COc1c(C)cc(C)cc1[Si](C)(C)C1=C(c2ccccc2)C=CC1. The summed E-state index contributed by atoms with van der Waals surface area (Å²) in [5.74, 6) is 1.07. The molecule has 24 heavy (non-hydrogen) atoms. The molecule has 2 aromatic rings. The fourth-order valence-corrected chi connectivity index (χ4v) is 7.15. The maximum atomic E-state index is 5.81. The average Bonchev–Trinajstić information content (AvgIpc) is 3.05. The molecule has 0 heterocycles. The van der Waals surface area contributed by atoms with Gasteiger partial charge in [-0.1, -0.05) is 78.5 Å². The third kappa shape index (κ3) is 2.87. The van der Waals surface area contributed by atoms with Gasteiger partial charge in [0.15, 0.2) is 0 Å². The van der Waals surface area contributed by atoms with Crippen molar-refractivity contribution in [1.82, 2.24) is 0 Å². The average molecular weight is 335 g/mol. The highest BCUT2D eigenvalue weighted by Gasteiger charge is 2.34. The van der Waals surface area contributed by atoms with Crippen LogP contribution in [0.15, 0.2) is 59.8 Å². The minimum Gasteiger partial charge on any atom is -0.497 e. The molecule has 0 fully saturated rings. The van der Waals surface area contributed by atoms with E-state index in [2.05, 4.69) is 81.6 Å². The molecule has 0 amide bonds. The Hall–Kier alpha value is -2.06. The van der Waals surface area contributed by atoms with Crippen molar-refractivity contribution in [2.45, 2.75) is 33.4 Å². The zero-order valence-corrected chi connectivity index (χ0v) is 16.3. The molecule has 0 saturated carbocycles. The Balaban J connectivity index is 2.18. The van der Waals surface area contributed by atoms with Gasteiger partial charge in [0.05, 0.1) is 7.11 Å². The monoisotopic (exact) mass is 334 g/mol. The molecule has 1 aliphatic carbocycles. The van der Waals surface area contributed by atoms with Crippen molar-refractivity contribution in [1.29, 1.82) is 0 Å². The van der Waals surface area contributed by atoms with E-state index in [9.17, 15) is 0 Å². The highest BCUT2D eigenvalue weighted by molar-refractivity contribution is 6.97. The number of hydrogen-bond donors (Lipinski definition) is 0. The summed E-state index contributed by atoms with van der Waals surface area (Å²) in [4.78, 5) is 0. The van der Waals surface area contributed by atoms with E-state index in [-0.39, 0.29) is 0 Å². The summed E-state index contributed by atoms with van der Waals surface area (Å²) in [6.07, 6.45) is 5.66. The Morgan fingerprint density at radius 1 is 1.00 bits per heavy atom. The minimum atomic E-state index is -1.83. The largest absolute Gasteiger partial charge is 0.497 e. The van der Waals surface area contributed by atoms with E-state index in [1.807, 2.05) is 0 Å². The lowest BCUT2D eigenvalue weighted by atomic mass is 10.1. The van der Waals surface area contributed by atoms with Crippen LogP contribution < -0.4 is 9.92 Å². The number of ether oxygens (including phenoxy) is 1. The summed E-state index contributed by atoms with van der Waals surface area (Å²) < 4.78 is 5.81. The molecule has 0 unspecified atom stereocenters. The standard InChI is InChI=1S/C22H26OSi/c1-16-14-17(2)22(23-3)21(15-16)24(4,5)20-13-9-12-19(20)18-10-7-6-8-11-18/h6-12,14-15H,13H2,1-5H3. The lowest BCUT2D eigenvalue weighted by Crippen LogP contribution is -2.45. The van der Waals surface area contributed by atoms with E-state index in [0.717, 1.165) is 12.2 Å². The maximum Gasteiger partial charge on any atom is 0.121 e. The Labute approximate surface area is 146 Å². The van der Waals surface area contributed by atoms with Gasteiger partial charge in [-0.15, -0.1) is 0 Å². The van der Waals surface area contributed by atoms with Crippen molar-refractivity contribution in [3.63, 3.8) is 0 Å². The zero-order valence-electron chi connectivity index (χ0n) is 15.3. The number of methoxy groups -OCH3 is 1. The van der Waals surface area contributed by atoms with E-state index < -0.39 is 8.07 Å². The van der Waals surface area contributed by atoms with Gasteiger partial charge in [-0.05, 0) is 42.2 Å². The van der Waals surface area contributed by atoms with Crippen LogP contribution >= 0.6 is 0 Å². The lowest BCUT2D eigenvalue weighted by Gasteiger charge is -2.29. The predicted molar refractivity (Wildman–Crippen MR) is 107 cm³/mol. The number of rotatable bonds is 4. The van der Waals surface area contributed by atoms with Crippen LogP contribution in [-0.2, 0) is 0 Å². The Kier molecular flexibility index (Phi) is 4.51. The number of benzene rings is 2. The highest BCUT2D eigenvalue weighted by Crippen LogP contribution is 2.36. The Morgan fingerprint density at radius 3 is 2.38 bits per heavy atom. The molecule has 0 bridgehead atoms. The predicted octanol–water partition coefficient (Wildman–Crippen LogP) is 5.18. The summed E-state index contributed by atoms with van der Waals surface area (Å²) in [6.45, 7) is 9.24. The molecule has 0 aliphatic heterocycles. The van der Waals surface area contributed by atoms with Crippen LogP contribution in [-0.4, -0.2) is 15.2 Å². The van der Waals surface area contributed by atoms with Crippen LogP contribution in [0.1, 0.15) is 23.1 Å². The highest BCUT2D eigenvalue weighted by atomic mass is 28.3. The molecular formula is C22H26OSi. The summed E-state index contributed by atoms with van der Waals surface area (Å²) in [7, 11) is -0.0317. The zero-order chi connectivity index (χ0) is 17.3. The number of aryl methyl sites for hydroxylation is 2. The topological polar surface area (TPSA) is 9.23 Å². The van der Waals surface area contributed by atoms with E-state index in [0.29, 0.717) is 0 Å². The van der Waals surface area contributed by atoms with E-state index in [4.69, 9.17) is 4.74 Å². The fraction of sp³-hybridized carbons (Fsp3) is 0.273. The second-order valence-electron chi connectivity index (χ2n) is 7.15.